The lowest BCUT2D eigenvalue weighted by Crippen LogP contribution is -2.44. The van der Waals surface area contributed by atoms with Crippen molar-refractivity contribution in [2.75, 3.05) is 26.2 Å². The minimum atomic E-state index is -0.135. The fourth-order valence-electron chi connectivity index (χ4n) is 3.08. The molecule has 3 atom stereocenters. The van der Waals surface area contributed by atoms with Crippen LogP contribution in [0.2, 0.25) is 0 Å². The van der Waals surface area contributed by atoms with E-state index in [9.17, 15) is 4.79 Å². The normalized spacial score (nSPS) is 39.7. The van der Waals surface area contributed by atoms with Crippen LogP contribution in [0.1, 0.15) is 19.3 Å². The van der Waals surface area contributed by atoms with Crippen LogP contribution in [0, 0.1) is 5.92 Å². The van der Waals surface area contributed by atoms with Gasteiger partial charge in [0.25, 0.3) is 5.91 Å². The third-order valence-corrected chi connectivity index (χ3v) is 3.93. The van der Waals surface area contributed by atoms with Crippen LogP contribution in [0.25, 0.3) is 0 Å². The van der Waals surface area contributed by atoms with Crippen molar-refractivity contribution in [2.24, 2.45) is 5.92 Å². The van der Waals surface area contributed by atoms with E-state index in [-0.39, 0.29) is 12.0 Å². The molecule has 3 aliphatic heterocycles. The lowest BCUT2D eigenvalue weighted by molar-refractivity contribution is -0.141. The van der Waals surface area contributed by atoms with Crippen molar-refractivity contribution < 1.29 is 9.53 Å². The van der Waals surface area contributed by atoms with Gasteiger partial charge in [-0.3, -0.25) is 4.79 Å². The van der Waals surface area contributed by atoms with Gasteiger partial charge in [-0.1, -0.05) is 0 Å². The zero-order chi connectivity index (χ0) is 10.3. The first-order valence-electron chi connectivity index (χ1n) is 5.99. The van der Waals surface area contributed by atoms with Gasteiger partial charge in [-0.25, -0.2) is 0 Å². The predicted molar refractivity (Wildman–Crippen MR) is 55.5 cm³/mol. The standard InChI is InChI=1S/C11H18N2O2/c14-11(10-2-1-5-15-10)13-4-3-8-6-12-7-9(8)13/h8-10,12H,1-7H2/t8-,9+,10+/m0/s1. The van der Waals surface area contributed by atoms with Crippen molar-refractivity contribution in [2.45, 2.75) is 31.4 Å². The van der Waals surface area contributed by atoms with Crippen LogP contribution in [0.4, 0.5) is 0 Å². The first kappa shape index (κ1) is 9.60. The second-order valence-corrected chi connectivity index (χ2v) is 4.81. The predicted octanol–water partition coefficient (Wildman–Crippen LogP) is -0.0143. The van der Waals surface area contributed by atoms with Crippen molar-refractivity contribution in [1.29, 1.82) is 0 Å². The summed E-state index contributed by atoms with van der Waals surface area (Å²) < 4.78 is 5.46. The molecule has 3 rings (SSSR count). The van der Waals surface area contributed by atoms with E-state index >= 15 is 0 Å². The highest BCUT2D eigenvalue weighted by Gasteiger charge is 2.42. The van der Waals surface area contributed by atoms with Gasteiger partial charge in [0, 0.05) is 32.3 Å². The molecule has 1 amide bonds. The molecule has 3 saturated heterocycles. The SMILES string of the molecule is O=C([C@H]1CCCO1)N1CC[C@H]2CNC[C@H]21. The molecular weight excluding hydrogens is 192 g/mol. The van der Waals surface area contributed by atoms with Crippen LogP contribution in [0.15, 0.2) is 0 Å². The highest BCUT2D eigenvalue weighted by Crippen LogP contribution is 2.29. The van der Waals surface area contributed by atoms with E-state index in [1.807, 2.05) is 0 Å². The van der Waals surface area contributed by atoms with Crippen LogP contribution in [-0.4, -0.2) is 49.2 Å². The smallest absolute Gasteiger partial charge is 0.252 e. The molecule has 3 fully saturated rings. The molecule has 4 heteroatoms. The van der Waals surface area contributed by atoms with Crippen LogP contribution in [0.3, 0.4) is 0 Å². The Bertz CT molecular complexity index is 263. The summed E-state index contributed by atoms with van der Waals surface area (Å²) in [5.74, 6) is 0.930. The molecular formula is C11H18N2O2. The summed E-state index contributed by atoms with van der Waals surface area (Å²) in [6.45, 7) is 3.76. The summed E-state index contributed by atoms with van der Waals surface area (Å²) in [6, 6.07) is 0.446. The van der Waals surface area contributed by atoms with Crippen LogP contribution < -0.4 is 5.32 Å². The lowest BCUT2D eigenvalue weighted by Gasteiger charge is -2.25. The summed E-state index contributed by atoms with van der Waals surface area (Å²) in [5, 5.41) is 3.36. The minimum Gasteiger partial charge on any atom is -0.368 e. The van der Waals surface area contributed by atoms with Crippen molar-refractivity contribution >= 4 is 5.91 Å². The van der Waals surface area contributed by atoms with Crippen LogP contribution in [0.5, 0.6) is 0 Å². The highest BCUT2D eigenvalue weighted by molar-refractivity contribution is 5.81. The summed E-state index contributed by atoms with van der Waals surface area (Å²) in [7, 11) is 0. The summed E-state index contributed by atoms with van der Waals surface area (Å²) in [6.07, 6.45) is 2.98. The molecule has 3 aliphatic rings. The van der Waals surface area contributed by atoms with Gasteiger partial charge in [-0.15, -0.1) is 0 Å². The molecule has 0 aromatic rings. The Hall–Kier alpha value is -0.610. The van der Waals surface area contributed by atoms with Gasteiger partial charge in [-0.2, -0.15) is 0 Å². The molecule has 0 bridgehead atoms. The second-order valence-electron chi connectivity index (χ2n) is 4.81. The molecule has 4 nitrogen and oxygen atoms in total. The average Bonchev–Trinajstić information content (AvgIpc) is 2.94. The van der Waals surface area contributed by atoms with Gasteiger partial charge in [0.05, 0.1) is 0 Å². The number of nitrogens with zero attached hydrogens (tertiary/aromatic N) is 1. The molecule has 0 aromatic heterocycles. The molecule has 0 radical (unpaired) electrons. The largest absolute Gasteiger partial charge is 0.368 e. The summed E-state index contributed by atoms with van der Waals surface area (Å²) in [4.78, 5) is 14.2. The third-order valence-electron chi connectivity index (χ3n) is 3.93. The van der Waals surface area contributed by atoms with Crippen molar-refractivity contribution in [3.05, 3.63) is 0 Å². The molecule has 1 N–H and O–H groups in total. The van der Waals surface area contributed by atoms with Gasteiger partial charge in [-0.05, 0) is 25.2 Å². The van der Waals surface area contributed by atoms with E-state index in [1.165, 1.54) is 0 Å². The number of amides is 1. The molecule has 0 aliphatic carbocycles. The Morgan fingerprint density at radius 3 is 3.07 bits per heavy atom. The number of hydrogen-bond acceptors (Lipinski definition) is 3. The summed E-state index contributed by atoms with van der Waals surface area (Å²) >= 11 is 0. The minimum absolute atomic E-state index is 0.135. The summed E-state index contributed by atoms with van der Waals surface area (Å²) in [5.41, 5.74) is 0. The number of likely N-dealkylation sites (tertiary alicyclic amines) is 1. The molecule has 15 heavy (non-hydrogen) atoms. The van der Waals surface area contributed by atoms with E-state index in [0.717, 1.165) is 45.5 Å². The van der Waals surface area contributed by atoms with Gasteiger partial charge in [0.2, 0.25) is 0 Å². The number of ether oxygens (including phenoxy) is 1. The van der Waals surface area contributed by atoms with Crippen molar-refractivity contribution in [1.82, 2.24) is 10.2 Å². The average molecular weight is 210 g/mol. The van der Waals surface area contributed by atoms with E-state index in [0.29, 0.717) is 12.0 Å². The van der Waals surface area contributed by atoms with Crippen LogP contribution >= 0.6 is 0 Å². The third kappa shape index (κ3) is 1.56. The number of hydrogen-bond donors (Lipinski definition) is 1. The molecule has 0 unspecified atom stereocenters. The van der Waals surface area contributed by atoms with E-state index < -0.39 is 0 Å². The number of carbonyl (C=O) groups is 1. The zero-order valence-electron chi connectivity index (χ0n) is 8.95. The Morgan fingerprint density at radius 2 is 2.27 bits per heavy atom. The monoisotopic (exact) mass is 210 g/mol. The Morgan fingerprint density at radius 1 is 1.33 bits per heavy atom. The number of fused-ring (bicyclic) bond motifs is 1. The van der Waals surface area contributed by atoms with Gasteiger partial charge >= 0.3 is 0 Å². The number of rotatable bonds is 1. The van der Waals surface area contributed by atoms with E-state index in [1.54, 1.807) is 0 Å². The molecule has 0 aromatic carbocycles. The van der Waals surface area contributed by atoms with Crippen molar-refractivity contribution in [3.63, 3.8) is 0 Å². The van der Waals surface area contributed by atoms with E-state index in [4.69, 9.17) is 4.74 Å². The molecule has 84 valence electrons. The lowest BCUT2D eigenvalue weighted by atomic mass is 10.0. The maximum atomic E-state index is 12.2. The molecule has 0 saturated carbocycles. The second kappa shape index (κ2) is 3.76. The maximum absolute atomic E-state index is 12.2. The maximum Gasteiger partial charge on any atom is 0.252 e. The first-order chi connectivity index (χ1) is 7.36. The van der Waals surface area contributed by atoms with E-state index in [2.05, 4.69) is 10.2 Å². The van der Waals surface area contributed by atoms with Crippen LogP contribution in [-0.2, 0) is 9.53 Å². The number of nitrogens with one attached hydrogen (secondary N) is 1. The molecule has 3 heterocycles. The molecule has 0 spiro atoms. The fraction of sp³-hybridized carbons (Fsp3) is 0.909. The topological polar surface area (TPSA) is 41.6 Å². The Labute approximate surface area is 90.0 Å². The zero-order valence-corrected chi connectivity index (χ0v) is 8.95. The fourth-order valence-corrected chi connectivity index (χ4v) is 3.08. The Kier molecular flexibility index (Phi) is 2.41. The van der Waals surface area contributed by atoms with Gasteiger partial charge < -0.3 is 15.0 Å². The quantitative estimate of drug-likeness (QED) is 0.661. The first-order valence-corrected chi connectivity index (χ1v) is 5.99. The van der Waals surface area contributed by atoms with Gasteiger partial charge in [0.1, 0.15) is 6.10 Å². The van der Waals surface area contributed by atoms with Crippen molar-refractivity contribution in [3.8, 4) is 0 Å². The Balaban J connectivity index is 1.68. The number of carbonyl (C=O) groups excluding carboxylic acids is 1. The van der Waals surface area contributed by atoms with Gasteiger partial charge in [0.15, 0.2) is 0 Å². The highest BCUT2D eigenvalue weighted by atomic mass is 16.5.